The second kappa shape index (κ2) is 5.82. The summed E-state index contributed by atoms with van der Waals surface area (Å²) in [6.45, 7) is 9.32. The Morgan fingerprint density at radius 1 is 1.40 bits per heavy atom. The first kappa shape index (κ1) is 15.4. The van der Waals surface area contributed by atoms with E-state index in [1.54, 1.807) is 7.11 Å². The van der Waals surface area contributed by atoms with Gasteiger partial charge in [0.05, 0.1) is 5.54 Å². The van der Waals surface area contributed by atoms with Crippen molar-refractivity contribution in [3.8, 4) is 0 Å². The second-order valence-electron chi connectivity index (χ2n) is 6.46. The lowest BCUT2D eigenvalue weighted by Crippen LogP contribution is -2.37. The first-order valence-corrected chi connectivity index (χ1v) is 7.58. The Morgan fingerprint density at radius 3 is 2.60 bits per heavy atom. The highest BCUT2D eigenvalue weighted by atomic mass is 16.5. The molecule has 0 aromatic carbocycles. The summed E-state index contributed by atoms with van der Waals surface area (Å²) in [6, 6.07) is 0. The van der Waals surface area contributed by atoms with Gasteiger partial charge in [0.15, 0.2) is 0 Å². The van der Waals surface area contributed by atoms with Crippen LogP contribution in [0.3, 0.4) is 0 Å². The standard InChI is InChI=1S/C15H27N3O2/c1-6-16-14(3,4)13-17-12(18-20-13)15(19-5)9-7-11(2)8-10-15/h11,16H,6-10H2,1-5H3. The summed E-state index contributed by atoms with van der Waals surface area (Å²) in [6.07, 6.45) is 4.22. The Labute approximate surface area is 121 Å². The normalized spacial score (nSPS) is 27.8. The highest BCUT2D eigenvalue weighted by Crippen LogP contribution is 2.41. The molecule has 5 heteroatoms. The molecule has 0 radical (unpaired) electrons. The van der Waals surface area contributed by atoms with Crippen molar-refractivity contribution >= 4 is 0 Å². The predicted octanol–water partition coefficient (Wildman–Crippen LogP) is 2.97. The molecule has 1 saturated carbocycles. The van der Waals surface area contributed by atoms with E-state index in [2.05, 4.69) is 43.2 Å². The van der Waals surface area contributed by atoms with Crippen LogP contribution in [0.25, 0.3) is 0 Å². The fraction of sp³-hybridized carbons (Fsp3) is 0.867. The van der Waals surface area contributed by atoms with Gasteiger partial charge in [-0.3, -0.25) is 0 Å². The Morgan fingerprint density at radius 2 is 2.05 bits per heavy atom. The van der Waals surface area contributed by atoms with Gasteiger partial charge in [-0.15, -0.1) is 0 Å². The SMILES string of the molecule is CCNC(C)(C)c1nc(C2(OC)CCC(C)CC2)no1. The zero-order valence-corrected chi connectivity index (χ0v) is 13.3. The van der Waals surface area contributed by atoms with Crippen molar-refractivity contribution < 1.29 is 9.26 Å². The van der Waals surface area contributed by atoms with Crippen LogP contribution in [0.2, 0.25) is 0 Å². The molecule has 0 unspecified atom stereocenters. The van der Waals surface area contributed by atoms with E-state index in [1.165, 1.54) is 0 Å². The Bertz CT molecular complexity index is 434. The summed E-state index contributed by atoms with van der Waals surface area (Å²) in [5, 5.41) is 7.56. The minimum Gasteiger partial charge on any atom is -0.370 e. The average molecular weight is 281 g/mol. The molecule has 1 aliphatic rings. The Balaban J connectivity index is 2.22. The number of nitrogens with one attached hydrogen (secondary N) is 1. The van der Waals surface area contributed by atoms with Gasteiger partial charge in [-0.25, -0.2) is 0 Å². The Hall–Kier alpha value is -0.940. The van der Waals surface area contributed by atoms with Crippen LogP contribution in [0.1, 0.15) is 65.1 Å². The van der Waals surface area contributed by atoms with Gasteiger partial charge in [0.25, 0.3) is 0 Å². The molecule has 114 valence electrons. The highest BCUT2D eigenvalue weighted by molar-refractivity contribution is 5.07. The lowest BCUT2D eigenvalue weighted by Gasteiger charge is -2.35. The van der Waals surface area contributed by atoms with Crippen molar-refractivity contribution in [3.05, 3.63) is 11.7 Å². The summed E-state index contributed by atoms with van der Waals surface area (Å²) < 4.78 is 11.3. The summed E-state index contributed by atoms with van der Waals surface area (Å²) >= 11 is 0. The van der Waals surface area contributed by atoms with Gasteiger partial charge in [-0.2, -0.15) is 4.98 Å². The molecule has 2 rings (SSSR count). The van der Waals surface area contributed by atoms with Gasteiger partial charge >= 0.3 is 0 Å². The highest BCUT2D eigenvalue weighted by Gasteiger charge is 2.41. The predicted molar refractivity (Wildman–Crippen MR) is 77.3 cm³/mol. The minimum atomic E-state index is -0.365. The number of hydrogen-bond donors (Lipinski definition) is 1. The molecule has 1 aromatic rings. The molecule has 0 atom stereocenters. The average Bonchev–Trinajstić information content (AvgIpc) is 2.91. The van der Waals surface area contributed by atoms with Crippen LogP contribution in [0.4, 0.5) is 0 Å². The van der Waals surface area contributed by atoms with Gasteiger partial charge in [0.2, 0.25) is 11.7 Å². The molecule has 0 saturated heterocycles. The Kier molecular flexibility index (Phi) is 4.49. The molecule has 5 nitrogen and oxygen atoms in total. The first-order valence-electron chi connectivity index (χ1n) is 7.58. The van der Waals surface area contributed by atoms with Gasteiger partial charge in [0.1, 0.15) is 5.60 Å². The number of hydrogen-bond acceptors (Lipinski definition) is 5. The lowest BCUT2D eigenvalue weighted by molar-refractivity contribution is -0.0609. The van der Waals surface area contributed by atoms with E-state index in [0.717, 1.165) is 38.1 Å². The fourth-order valence-electron chi connectivity index (χ4n) is 2.93. The number of ether oxygens (including phenoxy) is 1. The van der Waals surface area contributed by atoms with E-state index in [-0.39, 0.29) is 11.1 Å². The molecule has 1 aliphatic carbocycles. The van der Waals surface area contributed by atoms with Crippen LogP contribution in [0.15, 0.2) is 4.52 Å². The summed E-state index contributed by atoms with van der Waals surface area (Å²) in [5.41, 5.74) is -0.673. The van der Waals surface area contributed by atoms with Crippen LogP contribution in [-0.2, 0) is 15.9 Å². The molecular formula is C15H27N3O2. The first-order chi connectivity index (χ1) is 9.43. The van der Waals surface area contributed by atoms with Crippen molar-refractivity contribution in [1.82, 2.24) is 15.5 Å². The van der Waals surface area contributed by atoms with Crippen molar-refractivity contribution in [2.24, 2.45) is 5.92 Å². The van der Waals surface area contributed by atoms with Crippen LogP contribution < -0.4 is 5.32 Å². The van der Waals surface area contributed by atoms with Crippen LogP contribution in [-0.4, -0.2) is 23.8 Å². The third-order valence-corrected chi connectivity index (χ3v) is 4.46. The third kappa shape index (κ3) is 2.88. The van der Waals surface area contributed by atoms with Crippen LogP contribution >= 0.6 is 0 Å². The maximum Gasteiger partial charge on any atom is 0.246 e. The number of aromatic nitrogens is 2. The van der Waals surface area contributed by atoms with Crippen molar-refractivity contribution in [2.75, 3.05) is 13.7 Å². The largest absolute Gasteiger partial charge is 0.370 e. The molecule has 0 aliphatic heterocycles. The maximum atomic E-state index is 5.79. The molecule has 1 N–H and O–H groups in total. The van der Waals surface area contributed by atoms with Gasteiger partial charge < -0.3 is 14.6 Å². The van der Waals surface area contributed by atoms with Gasteiger partial charge in [-0.05, 0) is 52.0 Å². The lowest BCUT2D eigenvalue weighted by atomic mass is 9.79. The fourth-order valence-corrected chi connectivity index (χ4v) is 2.93. The minimum absolute atomic E-state index is 0.309. The number of methoxy groups -OCH3 is 1. The zero-order valence-electron chi connectivity index (χ0n) is 13.3. The van der Waals surface area contributed by atoms with E-state index in [9.17, 15) is 0 Å². The monoisotopic (exact) mass is 281 g/mol. The summed E-state index contributed by atoms with van der Waals surface area (Å²) in [4.78, 5) is 4.63. The molecule has 0 bridgehead atoms. The van der Waals surface area contributed by atoms with E-state index < -0.39 is 0 Å². The summed E-state index contributed by atoms with van der Waals surface area (Å²) in [5.74, 6) is 2.08. The topological polar surface area (TPSA) is 60.2 Å². The van der Waals surface area contributed by atoms with Crippen LogP contribution in [0, 0.1) is 5.92 Å². The molecule has 20 heavy (non-hydrogen) atoms. The van der Waals surface area contributed by atoms with E-state index in [1.807, 2.05) is 0 Å². The molecule has 1 fully saturated rings. The molecule has 1 aromatic heterocycles. The molecular weight excluding hydrogens is 254 g/mol. The van der Waals surface area contributed by atoms with Crippen molar-refractivity contribution in [2.45, 2.75) is 64.5 Å². The quantitative estimate of drug-likeness (QED) is 0.899. The third-order valence-electron chi connectivity index (χ3n) is 4.46. The molecule has 0 spiro atoms. The van der Waals surface area contributed by atoms with Gasteiger partial charge in [0, 0.05) is 7.11 Å². The smallest absolute Gasteiger partial charge is 0.246 e. The summed E-state index contributed by atoms with van der Waals surface area (Å²) in [7, 11) is 1.75. The van der Waals surface area contributed by atoms with Crippen LogP contribution in [0.5, 0.6) is 0 Å². The van der Waals surface area contributed by atoms with Gasteiger partial charge in [-0.1, -0.05) is 19.0 Å². The number of nitrogens with zero attached hydrogens (tertiary/aromatic N) is 2. The second-order valence-corrected chi connectivity index (χ2v) is 6.46. The molecule has 0 amide bonds. The van der Waals surface area contributed by atoms with E-state index in [4.69, 9.17) is 9.26 Å². The maximum absolute atomic E-state index is 5.79. The number of rotatable bonds is 5. The molecule has 1 heterocycles. The van der Waals surface area contributed by atoms with Crippen molar-refractivity contribution in [3.63, 3.8) is 0 Å². The van der Waals surface area contributed by atoms with E-state index >= 15 is 0 Å². The van der Waals surface area contributed by atoms with E-state index in [0.29, 0.717) is 11.7 Å². The zero-order chi connectivity index (χ0) is 14.8. The van der Waals surface area contributed by atoms with Crippen molar-refractivity contribution in [1.29, 1.82) is 0 Å².